The minimum atomic E-state index is -0.539. The van der Waals surface area contributed by atoms with Crippen molar-refractivity contribution in [3.8, 4) is 0 Å². The van der Waals surface area contributed by atoms with E-state index >= 15 is 0 Å². The van der Waals surface area contributed by atoms with Gasteiger partial charge < -0.3 is 16.0 Å². The van der Waals surface area contributed by atoms with Gasteiger partial charge in [0, 0.05) is 23.5 Å². The number of fused-ring (bicyclic) bond motifs is 1. The standard InChI is InChI=1S/C15H19N3O2/c1-9(2)14(16)15(20)17-8-10-7-13(19)18-12-6-4-3-5-11(10)12/h3-7,9,14H,8,16H2,1-2H3,(H,17,20)(H,18,19)/t14-/m0/s1. The lowest BCUT2D eigenvalue weighted by Crippen LogP contribution is -2.43. The summed E-state index contributed by atoms with van der Waals surface area (Å²) in [6.07, 6.45) is 0. The largest absolute Gasteiger partial charge is 0.351 e. The summed E-state index contributed by atoms with van der Waals surface area (Å²) in [6, 6.07) is 8.46. The van der Waals surface area contributed by atoms with E-state index in [9.17, 15) is 9.59 Å². The zero-order valence-corrected chi connectivity index (χ0v) is 11.6. The van der Waals surface area contributed by atoms with Crippen LogP contribution in [0.4, 0.5) is 0 Å². The van der Waals surface area contributed by atoms with E-state index in [0.717, 1.165) is 16.5 Å². The molecule has 1 atom stereocenters. The summed E-state index contributed by atoms with van der Waals surface area (Å²) in [5.74, 6) is -0.129. The minimum absolute atomic E-state index is 0.0749. The molecule has 20 heavy (non-hydrogen) atoms. The van der Waals surface area contributed by atoms with Crippen molar-refractivity contribution in [2.75, 3.05) is 0 Å². The van der Waals surface area contributed by atoms with Crippen LogP contribution in [-0.4, -0.2) is 16.9 Å². The zero-order valence-electron chi connectivity index (χ0n) is 11.6. The Morgan fingerprint density at radius 1 is 1.35 bits per heavy atom. The number of hydrogen-bond acceptors (Lipinski definition) is 3. The van der Waals surface area contributed by atoms with Crippen LogP contribution in [0.2, 0.25) is 0 Å². The highest BCUT2D eigenvalue weighted by molar-refractivity contribution is 5.84. The molecular weight excluding hydrogens is 254 g/mol. The number of nitrogens with two attached hydrogens (primary N) is 1. The summed E-state index contributed by atoms with van der Waals surface area (Å²) in [4.78, 5) is 26.2. The van der Waals surface area contributed by atoms with Gasteiger partial charge >= 0.3 is 0 Å². The first-order valence-electron chi connectivity index (χ1n) is 6.63. The lowest BCUT2D eigenvalue weighted by atomic mass is 10.0. The van der Waals surface area contributed by atoms with Crippen LogP contribution in [0, 0.1) is 5.92 Å². The van der Waals surface area contributed by atoms with Gasteiger partial charge in [0.1, 0.15) is 0 Å². The second-order valence-corrected chi connectivity index (χ2v) is 5.19. The van der Waals surface area contributed by atoms with Gasteiger partial charge in [-0.05, 0) is 17.5 Å². The van der Waals surface area contributed by atoms with Gasteiger partial charge in [-0.25, -0.2) is 0 Å². The number of amides is 1. The second kappa shape index (κ2) is 5.88. The van der Waals surface area contributed by atoms with Crippen LogP contribution in [0.1, 0.15) is 19.4 Å². The number of para-hydroxylation sites is 1. The number of hydrogen-bond donors (Lipinski definition) is 3. The molecule has 0 aliphatic rings. The van der Waals surface area contributed by atoms with Crippen molar-refractivity contribution in [2.45, 2.75) is 26.4 Å². The van der Waals surface area contributed by atoms with Crippen molar-refractivity contribution in [3.63, 3.8) is 0 Å². The number of aromatic nitrogens is 1. The number of carbonyl (C=O) groups excluding carboxylic acids is 1. The quantitative estimate of drug-likeness (QED) is 0.780. The maximum atomic E-state index is 11.9. The monoisotopic (exact) mass is 273 g/mol. The SMILES string of the molecule is CC(C)[C@H](N)C(=O)NCc1cc(=O)[nH]c2ccccc12. The molecule has 1 amide bonds. The molecular formula is C15H19N3O2. The lowest BCUT2D eigenvalue weighted by molar-refractivity contribution is -0.123. The fourth-order valence-electron chi connectivity index (χ4n) is 2.03. The summed E-state index contributed by atoms with van der Waals surface area (Å²) in [7, 11) is 0. The molecule has 1 aromatic heterocycles. The summed E-state index contributed by atoms with van der Waals surface area (Å²) in [6.45, 7) is 4.09. The molecule has 5 heteroatoms. The van der Waals surface area contributed by atoms with Gasteiger partial charge in [-0.3, -0.25) is 9.59 Å². The molecule has 0 radical (unpaired) electrons. The third kappa shape index (κ3) is 3.05. The Balaban J connectivity index is 2.22. The van der Waals surface area contributed by atoms with Crippen molar-refractivity contribution in [1.82, 2.24) is 10.3 Å². The smallest absolute Gasteiger partial charge is 0.248 e. The van der Waals surface area contributed by atoms with E-state index in [1.807, 2.05) is 38.1 Å². The van der Waals surface area contributed by atoms with Crippen molar-refractivity contribution >= 4 is 16.8 Å². The highest BCUT2D eigenvalue weighted by Gasteiger charge is 2.16. The maximum absolute atomic E-state index is 11.9. The van der Waals surface area contributed by atoms with E-state index in [4.69, 9.17) is 5.73 Å². The Morgan fingerprint density at radius 3 is 2.75 bits per heavy atom. The van der Waals surface area contributed by atoms with Gasteiger partial charge in [0.2, 0.25) is 11.5 Å². The molecule has 0 spiro atoms. The molecule has 0 saturated carbocycles. The first-order valence-corrected chi connectivity index (χ1v) is 6.63. The van der Waals surface area contributed by atoms with Crippen LogP contribution < -0.4 is 16.6 Å². The molecule has 106 valence electrons. The van der Waals surface area contributed by atoms with E-state index in [2.05, 4.69) is 10.3 Å². The molecule has 4 N–H and O–H groups in total. The molecule has 0 aliphatic carbocycles. The van der Waals surface area contributed by atoms with Crippen molar-refractivity contribution in [3.05, 3.63) is 46.2 Å². The van der Waals surface area contributed by atoms with Gasteiger partial charge in [0.15, 0.2) is 0 Å². The Morgan fingerprint density at radius 2 is 2.05 bits per heavy atom. The maximum Gasteiger partial charge on any atom is 0.248 e. The number of benzene rings is 1. The van der Waals surface area contributed by atoms with E-state index in [1.54, 1.807) is 0 Å². The summed E-state index contributed by atoms with van der Waals surface area (Å²) in [5, 5.41) is 3.70. The lowest BCUT2D eigenvalue weighted by Gasteiger charge is -2.15. The van der Waals surface area contributed by atoms with Crippen LogP contribution in [0.3, 0.4) is 0 Å². The molecule has 0 bridgehead atoms. The van der Waals surface area contributed by atoms with Crippen molar-refractivity contribution in [2.24, 2.45) is 11.7 Å². The second-order valence-electron chi connectivity index (χ2n) is 5.19. The Kier molecular flexibility index (Phi) is 4.20. The molecule has 1 aromatic carbocycles. The van der Waals surface area contributed by atoms with E-state index in [1.165, 1.54) is 6.07 Å². The van der Waals surface area contributed by atoms with Crippen LogP contribution in [-0.2, 0) is 11.3 Å². The predicted octanol–water partition coefficient (Wildman–Crippen LogP) is 1.13. The number of pyridine rings is 1. The summed E-state index contributed by atoms with van der Waals surface area (Å²) < 4.78 is 0. The van der Waals surface area contributed by atoms with Crippen LogP contribution in [0.25, 0.3) is 10.9 Å². The van der Waals surface area contributed by atoms with Crippen LogP contribution in [0.5, 0.6) is 0 Å². The molecule has 2 aromatic rings. The molecule has 2 rings (SSSR count). The number of rotatable bonds is 4. The third-order valence-electron chi connectivity index (χ3n) is 3.31. The topological polar surface area (TPSA) is 88.0 Å². The number of carbonyl (C=O) groups is 1. The number of H-pyrrole nitrogens is 1. The van der Waals surface area contributed by atoms with Gasteiger partial charge in [-0.2, -0.15) is 0 Å². The van der Waals surface area contributed by atoms with Gasteiger partial charge in [-0.15, -0.1) is 0 Å². The summed E-state index contributed by atoms with van der Waals surface area (Å²) >= 11 is 0. The first kappa shape index (κ1) is 14.3. The van der Waals surface area contributed by atoms with Gasteiger partial charge in [0.25, 0.3) is 0 Å². The number of aromatic amines is 1. The number of nitrogens with one attached hydrogen (secondary N) is 2. The van der Waals surface area contributed by atoms with Crippen molar-refractivity contribution < 1.29 is 4.79 Å². The summed E-state index contributed by atoms with van der Waals surface area (Å²) in [5.41, 5.74) is 7.15. The van der Waals surface area contributed by atoms with E-state index in [0.29, 0.717) is 6.54 Å². The molecule has 5 nitrogen and oxygen atoms in total. The van der Waals surface area contributed by atoms with Gasteiger partial charge in [0.05, 0.1) is 6.04 Å². The van der Waals surface area contributed by atoms with Crippen LogP contribution in [0.15, 0.2) is 35.1 Å². The third-order valence-corrected chi connectivity index (χ3v) is 3.31. The fourth-order valence-corrected chi connectivity index (χ4v) is 2.03. The Bertz CT molecular complexity index is 676. The molecule has 0 saturated heterocycles. The van der Waals surface area contributed by atoms with E-state index < -0.39 is 6.04 Å². The van der Waals surface area contributed by atoms with E-state index in [-0.39, 0.29) is 17.4 Å². The normalized spacial score (nSPS) is 12.6. The molecule has 0 fully saturated rings. The van der Waals surface area contributed by atoms with Crippen LogP contribution >= 0.6 is 0 Å². The van der Waals surface area contributed by atoms with Crippen molar-refractivity contribution in [1.29, 1.82) is 0 Å². The molecule has 1 heterocycles. The predicted molar refractivity (Wildman–Crippen MR) is 79.2 cm³/mol. The highest BCUT2D eigenvalue weighted by atomic mass is 16.2. The molecule has 0 aliphatic heterocycles. The Labute approximate surface area is 117 Å². The highest BCUT2D eigenvalue weighted by Crippen LogP contribution is 2.14. The molecule has 0 unspecified atom stereocenters. The first-order chi connectivity index (χ1) is 9.49. The minimum Gasteiger partial charge on any atom is -0.351 e. The average Bonchev–Trinajstić information content (AvgIpc) is 2.43. The van der Waals surface area contributed by atoms with Gasteiger partial charge in [-0.1, -0.05) is 32.0 Å². The zero-order chi connectivity index (χ0) is 14.7. The fraction of sp³-hybridized carbons (Fsp3) is 0.333. The Hall–Kier alpha value is -2.14. The average molecular weight is 273 g/mol.